The van der Waals surface area contributed by atoms with Crippen molar-refractivity contribution in [1.82, 2.24) is 0 Å². The zero-order valence-electron chi connectivity index (χ0n) is 69.8. The normalized spacial score (nSPS) is 14.7. The molecule has 0 rings (SSSR count). The number of ether oxygens (including phenoxy) is 4. The standard InChI is InChI=1S/C93H152O17P2/c1-5-9-13-17-21-25-29-33-37-40-43-46-50-53-57-61-65-69-73-77-90(95)103-83-88(109-92(97)79-75-71-67-63-59-55-49-36-32-28-24-20-16-12-8-4)85-107-111(99,100)105-81-87(94)82-106-112(101,102)108-86-89(110-93(98)80-76-72-68-64-60-56-52-48-45-42-39-35-31-27-23-19-15-11-7-3)84-104-91(96)78-74-70-66-62-58-54-51-47-44-41-38-34-30-26-22-18-14-10-6-2/h9-10,13-14,21-28,33-39,43-49,53-54,57-58,87-89,94H,5-8,11-12,15-20,29-32,40-42,50-52,55-56,59-86H2,1-4H3,(H,99,100)(H,101,102)/b13-9-,14-10-,25-21-,26-22-,27-23-,28-24-,37-33-,38-34-,39-35-,46-43-,47-44-,48-45-,49-36-,57-53-,58-54-. The van der Waals surface area contributed by atoms with Crippen molar-refractivity contribution in [3.05, 3.63) is 182 Å². The fourth-order valence-corrected chi connectivity index (χ4v) is 12.4. The van der Waals surface area contributed by atoms with Gasteiger partial charge in [-0.3, -0.25) is 37.3 Å². The van der Waals surface area contributed by atoms with Crippen LogP contribution in [0.2, 0.25) is 0 Å². The van der Waals surface area contributed by atoms with Crippen LogP contribution in [0.3, 0.4) is 0 Å². The Bertz CT molecular complexity index is 2840. The van der Waals surface area contributed by atoms with Gasteiger partial charge in [-0.2, -0.15) is 0 Å². The topological polar surface area (TPSA) is 237 Å². The van der Waals surface area contributed by atoms with Crippen molar-refractivity contribution in [2.45, 2.75) is 341 Å². The van der Waals surface area contributed by atoms with Gasteiger partial charge in [-0.05, 0) is 186 Å². The van der Waals surface area contributed by atoms with Gasteiger partial charge in [-0.15, -0.1) is 0 Å². The van der Waals surface area contributed by atoms with Crippen molar-refractivity contribution in [1.29, 1.82) is 0 Å². The fourth-order valence-electron chi connectivity index (χ4n) is 10.8. The molecule has 0 heterocycles. The molecule has 0 bridgehead atoms. The maximum Gasteiger partial charge on any atom is 0.472 e. The predicted octanol–water partition coefficient (Wildman–Crippen LogP) is 25.9. The summed E-state index contributed by atoms with van der Waals surface area (Å²) in [5.41, 5.74) is 0. The molecule has 19 heteroatoms. The predicted molar refractivity (Wildman–Crippen MR) is 463 cm³/mol. The molecule has 5 unspecified atom stereocenters. The number of phosphoric ester groups is 2. The second-order valence-corrected chi connectivity index (χ2v) is 30.9. The Labute approximate surface area is 679 Å². The number of hydrogen-bond acceptors (Lipinski definition) is 15. The number of carbonyl (C=O) groups is 4. The van der Waals surface area contributed by atoms with E-state index in [1.54, 1.807) is 0 Å². The minimum absolute atomic E-state index is 0.0641. The van der Waals surface area contributed by atoms with Crippen LogP contribution in [-0.4, -0.2) is 96.7 Å². The van der Waals surface area contributed by atoms with Crippen LogP contribution < -0.4 is 0 Å². The molecule has 0 amide bonds. The van der Waals surface area contributed by atoms with Gasteiger partial charge in [0, 0.05) is 25.7 Å². The van der Waals surface area contributed by atoms with Gasteiger partial charge in [0.2, 0.25) is 0 Å². The van der Waals surface area contributed by atoms with Crippen molar-refractivity contribution in [2.75, 3.05) is 39.6 Å². The Morgan fingerprint density at radius 2 is 0.464 bits per heavy atom. The van der Waals surface area contributed by atoms with E-state index >= 15 is 0 Å². The van der Waals surface area contributed by atoms with Crippen LogP contribution in [0.1, 0.15) is 323 Å². The van der Waals surface area contributed by atoms with E-state index < -0.39 is 97.5 Å². The first-order chi connectivity index (χ1) is 54.7. The number of hydrogen-bond donors (Lipinski definition) is 3. The van der Waals surface area contributed by atoms with Crippen LogP contribution >= 0.6 is 15.6 Å². The number of unbranched alkanes of at least 4 members (excludes halogenated alkanes) is 23. The van der Waals surface area contributed by atoms with Gasteiger partial charge in [0.15, 0.2) is 12.2 Å². The van der Waals surface area contributed by atoms with Crippen LogP contribution in [0.15, 0.2) is 182 Å². The average molecular weight is 1600 g/mol. The largest absolute Gasteiger partial charge is 0.472 e. The van der Waals surface area contributed by atoms with Gasteiger partial charge in [0.25, 0.3) is 0 Å². The Kier molecular flexibility index (Phi) is 78.8. The molecular formula is C93H152O17P2. The van der Waals surface area contributed by atoms with Gasteiger partial charge < -0.3 is 33.8 Å². The van der Waals surface area contributed by atoms with Gasteiger partial charge in [0.05, 0.1) is 26.4 Å². The van der Waals surface area contributed by atoms with E-state index in [0.717, 1.165) is 205 Å². The van der Waals surface area contributed by atoms with Gasteiger partial charge >= 0.3 is 39.5 Å². The molecule has 5 atom stereocenters. The molecule has 0 aliphatic rings. The zero-order chi connectivity index (χ0) is 81.7. The second-order valence-electron chi connectivity index (χ2n) is 28.0. The van der Waals surface area contributed by atoms with Crippen molar-refractivity contribution < 1.29 is 80.2 Å². The van der Waals surface area contributed by atoms with E-state index in [2.05, 4.69) is 210 Å². The molecule has 3 N–H and O–H groups in total. The molecule has 0 saturated carbocycles. The SMILES string of the molecule is CC/C=C\C/C=C\C/C=C\C/C=C\C/C=C\CCCCCC(=O)OCC(COP(=O)(O)OCC(O)COP(=O)(O)OCC(COC(=O)CCCCC/C=C\C/C=C\C/C=C\C/C=C\C/C=C\CC)OC(=O)CCCCCCCC/C=C\C/C=C\C/C=C\CCCCC)OC(=O)CCCCCCC/C=C\C/C=C\CCCCC. The number of rotatable bonds is 79. The number of aliphatic hydroxyl groups is 1. The highest BCUT2D eigenvalue weighted by molar-refractivity contribution is 7.47. The minimum Gasteiger partial charge on any atom is -0.462 e. The molecule has 17 nitrogen and oxygen atoms in total. The lowest BCUT2D eigenvalue weighted by Crippen LogP contribution is -2.30. The van der Waals surface area contributed by atoms with Gasteiger partial charge in [-0.1, -0.05) is 293 Å². The third-order valence-corrected chi connectivity index (χ3v) is 19.2. The van der Waals surface area contributed by atoms with Crippen molar-refractivity contribution in [3.8, 4) is 0 Å². The first kappa shape index (κ1) is 106. The van der Waals surface area contributed by atoms with Crippen molar-refractivity contribution in [3.63, 3.8) is 0 Å². The summed E-state index contributed by atoms with van der Waals surface area (Å²) in [6.07, 6.45) is 101. The fraction of sp³-hybridized carbons (Fsp3) is 0.634. The van der Waals surface area contributed by atoms with E-state index in [9.17, 15) is 43.2 Å². The Hall–Kier alpha value is -5.84. The molecule has 0 fully saturated rings. The average Bonchev–Trinajstić information content (AvgIpc) is 0.898. The maximum absolute atomic E-state index is 13.2. The zero-order valence-corrected chi connectivity index (χ0v) is 71.6. The summed E-state index contributed by atoms with van der Waals surface area (Å²) >= 11 is 0. The third-order valence-electron chi connectivity index (χ3n) is 17.3. The first-order valence-electron chi connectivity index (χ1n) is 43.0. The Morgan fingerprint density at radius 1 is 0.259 bits per heavy atom. The summed E-state index contributed by atoms with van der Waals surface area (Å²) in [6, 6.07) is 0. The van der Waals surface area contributed by atoms with Gasteiger partial charge in [-0.25, -0.2) is 9.13 Å². The summed E-state index contributed by atoms with van der Waals surface area (Å²) in [6.45, 7) is 4.50. The number of phosphoric acid groups is 2. The highest BCUT2D eigenvalue weighted by Gasteiger charge is 2.30. The molecular weight excluding hydrogens is 1450 g/mol. The molecule has 0 radical (unpaired) electrons. The molecule has 0 saturated heterocycles. The minimum atomic E-state index is -5.01. The van der Waals surface area contributed by atoms with Crippen LogP contribution in [-0.2, 0) is 65.4 Å². The molecule has 636 valence electrons. The Balaban J connectivity index is 5.49. The molecule has 0 aromatic carbocycles. The second kappa shape index (κ2) is 83.1. The lowest BCUT2D eigenvalue weighted by Gasteiger charge is -2.21. The molecule has 0 aliphatic heterocycles. The molecule has 0 aliphatic carbocycles. The first-order valence-corrected chi connectivity index (χ1v) is 46.0. The van der Waals surface area contributed by atoms with Crippen LogP contribution in [0, 0.1) is 0 Å². The van der Waals surface area contributed by atoms with E-state index in [1.165, 1.54) is 38.5 Å². The highest BCUT2D eigenvalue weighted by atomic mass is 31.2. The highest BCUT2D eigenvalue weighted by Crippen LogP contribution is 2.45. The van der Waals surface area contributed by atoms with Crippen LogP contribution in [0.4, 0.5) is 0 Å². The molecule has 0 aromatic rings. The summed E-state index contributed by atoms with van der Waals surface area (Å²) in [7, 11) is -10.0. The van der Waals surface area contributed by atoms with E-state index in [-0.39, 0.29) is 25.7 Å². The van der Waals surface area contributed by atoms with Crippen LogP contribution in [0.5, 0.6) is 0 Å². The summed E-state index contributed by atoms with van der Waals surface area (Å²) in [4.78, 5) is 73.3. The lowest BCUT2D eigenvalue weighted by molar-refractivity contribution is -0.161. The number of carbonyl (C=O) groups excluding carboxylic acids is 4. The number of allylic oxidation sites excluding steroid dienone is 30. The molecule has 0 aromatic heterocycles. The number of aliphatic hydroxyl groups excluding tert-OH is 1. The summed E-state index contributed by atoms with van der Waals surface area (Å²) in [5.74, 6) is -2.29. The molecule has 112 heavy (non-hydrogen) atoms. The van der Waals surface area contributed by atoms with Gasteiger partial charge in [0.1, 0.15) is 19.3 Å². The smallest absolute Gasteiger partial charge is 0.462 e. The Morgan fingerprint density at radius 3 is 0.723 bits per heavy atom. The van der Waals surface area contributed by atoms with Crippen LogP contribution in [0.25, 0.3) is 0 Å². The monoisotopic (exact) mass is 1600 g/mol. The number of esters is 4. The quantitative estimate of drug-likeness (QED) is 0.0169. The van der Waals surface area contributed by atoms with E-state index in [4.69, 9.17) is 37.0 Å². The summed E-state index contributed by atoms with van der Waals surface area (Å²) < 4.78 is 68.8. The third kappa shape index (κ3) is 82.2. The van der Waals surface area contributed by atoms with E-state index in [0.29, 0.717) is 25.7 Å². The van der Waals surface area contributed by atoms with Crippen molar-refractivity contribution >= 4 is 39.5 Å². The lowest BCUT2D eigenvalue weighted by atomic mass is 10.1. The van der Waals surface area contributed by atoms with E-state index in [1.807, 2.05) is 0 Å². The maximum atomic E-state index is 13.2. The summed E-state index contributed by atoms with van der Waals surface area (Å²) in [5, 5.41) is 10.7. The van der Waals surface area contributed by atoms with Crippen molar-refractivity contribution in [2.24, 2.45) is 0 Å². The molecule has 0 spiro atoms.